The summed E-state index contributed by atoms with van der Waals surface area (Å²) in [5.74, 6) is 0. The van der Waals surface area contributed by atoms with Gasteiger partial charge in [0.1, 0.15) is 0 Å². The Bertz CT molecular complexity index is 725. The summed E-state index contributed by atoms with van der Waals surface area (Å²) in [7, 11) is 0. The second-order valence-corrected chi connectivity index (χ2v) is 6.78. The smallest absolute Gasteiger partial charge is 0.00203 e. The molecule has 0 heterocycles. The Hall–Kier alpha value is -2.34. The summed E-state index contributed by atoms with van der Waals surface area (Å²) in [6.07, 6.45) is 2.04. The van der Waals surface area contributed by atoms with Crippen LogP contribution in [0.5, 0.6) is 0 Å². The first-order valence-electron chi connectivity index (χ1n) is 8.74. The molecule has 0 radical (unpaired) electrons. The largest absolute Gasteiger partial charge is 0.0622 e. The van der Waals surface area contributed by atoms with E-state index in [-0.39, 0.29) is 0 Å². The van der Waals surface area contributed by atoms with Crippen molar-refractivity contribution >= 4 is 0 Å². The lowest BCUT2D eigenvalue weighted by Crippen LogP contribution is -2.06. The Labute approximate surface area is 146 Å². The summed E-state index contributed by atoms with van der Waals surface area (Å²) in [6.45, 7) is 9.14. The van der Waals surface area contributed by atoms with Crippen molar-refractivity contribution < 1.29 is 0 Å². The number of hydrogen-bond acceptors (Lipinski definition) is 0. The Balaban J connectivity index is 2.02. The Morgan fingerprint density at radius 1 is 0.458 bits per heavy atom. The van der Waals surface area contributed by atoms with Crippen LogP contribution in [0.2, 0.25) is 0 Å². The van der Waals surface area contributed by atoms with Crippen molar-refractivity contribution in [3.8, 4) is 0 Å². The monoisotopic (exact) mass is 314 g/mol. The van der Waals surface area contributed by atoms with E-state index in [2.05, 4.69) is 88.4 Å². The number of hydrogen-bond donors (Lipinski definition) is 0. The van der Waals surface area contributed by atoms with Gasteiger partial charge < -0.3 is 0 Å². The lowest BCUT2D eigenvalue weighted by molar-refractivity contribution is 1.03. The van der Waals surface area contributed by atoms with Crippen molar-refractivity contribution in [1.29, 1.82) is 0 Å². The second-order valence-electron chi connectivity index (χ2n) is 6.78. The van der Waals surface area contributed by atoms with Crippen molar-refractivity contribution in [2.75, 3.05) is 0 Å². The van der Waals surface area contributed by atoms with Gasteiger partial charge in [-0.1, -0.05) is 60.7 Å². The molecule has 0 aromatic heterocycles. The fourth-order valence-electron chi connectivity index (χ4n) is 3.60. The predicted octanol–water partition coefficient (Wildman–Crippen LogP) is 6.10. The van der Waals surface area contributed by atoms with E-state index in [1.54, 1.807) is 0 Å². The second kappa shape index (κ2) is 7.05. The van der Waals surface area contributed by atoms with Crippen LogP contribution in [0.3, 0.4) is 0 Å². The topological polar surface area (TPSA) is 0 Å². The molecule has 3 aromatic carbocycles. The average Bonchev–Trinajstić information content (AvgIpc) is 2.62. The third-order valence-corrected chi connectivity index (χ3v) is 5.38. The minimum absolute atomic E-state index is 1.02. The standard InChI is InChI=1S/C24H26/c1-17-18(2)24(16-22-13-9-6-10-14-22)20(4)19(3)23(17)15-21-11-7-5-8-12-21/h5-14H,15-16H2,1-4H3. The van der Waals surface area contributed by atoms with Gasteiger partial charge in [0, 0.05) is 0 Å². The van der Waals surface area contributed by atoms with E-state index in [1.165, 1.54) is 44.5 Å². The van der Waals surface area contributed by atoms with E-state index in [0.717, 1.165) is 12.8 Å². The van der Waals surface area contributed by atoms with Crippen LogP contribution in [0, 0.1) is 27.7 Å². The summed E-state index contributed by atoms with van der Waals surface area (Å²) in [5.41, 5.74) is 11.6. The van der Waals surface area contributed by atoms with E-state index in [0.29, 0.717) is 0 Å². The van der Waals surface area contributed by atoms with Crippen molar-refractivity contribution in [1.82, 2.24) is 0 Å². The van der Waals surface area contributed by atoms with Crippen LogP contribution in [-0.4, -0.2) is 0 Å². The van der Waals surface area contributed by atoms with Gasteiger partial charge in [0.25, 0.3) is 0 Å². The molecule has 0 amide bonds. The highest BCUT2D eigenvalue weighted by atomic mass is 14.2. The van der Waals surface area contributed by atoms with E-state index < -0.39 is 0 Å². The minimum Gasteiger partial charge on any atom is -0.0622 e. The van der Waals surface area contributed by atoms with Crippen molar-refractivity contribution in [3.05, 3.63) is 105 Å². The van der Waals surface area contributed by atoms with Crippen molar-refractivity contribution in [2.24, 2.45) is 0 Å². The third kappa shape index (κ3) is 3.28. The average molecular weight is 314 g/mol. The maximum absolute atomic E-state index is 2.29. The lowest BCUT2D eigenvalue weighted by Gasteiger charge is -2.21. The van der Waals surface area contributed by atoms with E-state index >= 15 is 0 Å². The molecule has 0 nitrogen and oxygen atoms in total. The highest BCUT2D eigenvalue weighted by Gasteiger charge is 2.15. The van der Waals surface area contributed by atoms with Gasteiger partial charge in [-0.15, -0.1) is 0 Å². The van der Waals surface area contributed by atoms with Crippen LogP contribution in [0.25, 0.3) is 0 Å². The Kier molecular flexibility index (Phi) is 4.85. The molecule has 3 rings (SSSR count). The quantitative estimate of drug-likeness (QED) is 0.545. The van der Waals surface area contributed by atoms with Crippen molar-refractivity contribution in [2.45, 2.75) is 40.5 Å². The SMILES string of the molecule is Cc1c(C)c(Cc2ccccc2)c(C)c(C)c1Cc1ccccc1. The zero-order chi connectivity index (χ0) is 17.1. The molecule has 122 valence electrons. The molecule has 0 aliphatic heterocycles. The van der Waals surface area contributed by atoms with Crippen LogP contribution in [0.4, 0.5) is 0 Å². The first-order chi connectivity index (χ1) is 11.6. The molecule has 0 saturated heterocycles. The Morgan fingerprint density at radius 3 is 1.04 bits per heavy atom. The first kappa shape index (κ1) is 16.5. The van der Waals surface area contributed by atoms with E-state index in [1.807, 2.05) is 0 Å². The number of benzene rings is 3. The molecule has 0 saturated carbocycles. The molecule has 0 aliphatic rings. The third-order valence-electron chi connectivity index (χ3n) is 5.38. The lowest BCUT2D eigenvalue weighted by atomic mass is 9.84. The van der Waals surface area contributed by atoms with Crippen LogP contribution in [-0.2, 0) is 12.8 Å². The normalized spacial score (nSPS) is 10.8. The maximum Gasteiger partial charge on any atom is -0.00203 e. The van der Waals surface area contributed by atoms with Gasteiger partial charge >= 0.3 is 0 Å². The fraction of sp³-hybridized carbons (Fsp3) is 0.250. The fourth-order valence-corrected chi connectivity index (χ4v) is 3.60. The first-order valence-corrected chi connectivity index (χ1v) is 8.74. The van der Waals surface area contributed by atoms with Crippen LogP contribution >= 0.6 is 0 Å². The zero-order valence-corrected chi connectivity index (χ0v) is 15.2. The highest BCUT2D eigenvalue weighted by Crippen LogP contribution is 2.30. The van der Waals surface area contributed by atoms with E-state index in [9.17, 15) is 0 Å². The molecule has 0 unspecified atom stereocenters. The van der Waals surface area contributed by atoms with Gasteiger partial charge in [-0.2, -0.15) is 0 Å². The van der Waals surface area contributed by atoms with Crippen LogP contribution in [0.1, 0.15) is 44.5 Å². The molecular formula is C24H26. The summed E-state index contributed by atoms with van der Waals surface area (Å²) >= 11 is 0. The number of rotatable bonds is 4. The molecule has 0 N–H and O–H groups in total. The molecule has 0 spiro atoms. The molecule has 0 bridgehead atoms. The van der Waals surface area contributed by atoms with Gasteiger partial charge in [-0.05, 0) is 85.0 Å². The molecule has 3 aromatic rings. The molecular weight excluding hydrogens is 288 g/mol. The molecule has 0 atom stereocenters. The summed E-state index contributed by atoms with van der Waals surface area (Å²) in [6, 6.07) is 21.6. The molecule has 0 fully saturated rings. The molecule has 0 aliphatic carbocycles. The van der Waals surface area contributed by atoms with Gasteiger partial charge in [0.2, 0.25) is 0 Å². The summed E-state index contributed by atoms with van der Waals surface area (Å²) < 4.78 is 0. The van der Waals surface area contributed by atoms with Gasteiger partial charge in [0.05, 0.1) is 0 Å². The summed E-state index contributed by atoms with van der Waals surface area (Å²) in [4.78, 5) is 0. The molecule has 24 heavy (non-hydrogen) atoms. The summed E-state index contributed by atoms with van der Waals surface area (Å²) in [5, 5.41) is 0. The van der Waals surface area contributed by atoms with Crippen molar-refractivity contribution in [3.63, 3.8) is 0 Å². The van der Waals surface area contributed by atoms with Crippen LogP contribution < -0.4 is 0 Å². The minimum atomic E-state index is 1.02. The van der Waals surface area contributed by atoms with Gasteiger partial charge in [0.15, 0.2) is 0 Å². The Morgan fingerprint density at radius 2 is 0.750 bits per heavy atom. The van der Waals surface area contributed by atoms with Gasteiger partial charge in [-0.25, -0.2) is 0 Å². The van der Waals surface area contributed by atoms with Gasteiger partial charge in [-0.3, -0.25) is 0 Å². The molecule has 0 heteroatoms. The maximum atomic E-state index is 2.29. The zero-order valence-electron chi connectivity index (χ0n) is 15.2. The predicted molar refractivity (Wildman–Crippen MR) is 104 cm³/mol. The highest BCUT2D eigenvalue weighted by molar-refractivity contribution is 5.52. The van der Waals surface area contributed by atoms with Crippen LogP contribution in [0.15, 0.2) is 60.7 Å². The van der Waals surface area contributed by atoms with E-state index in [4.69, 9.17) is 0 Å².